The number of imidazole rings is 1. The van der Waals surface area contributed by atoms with E-state index in [4.69, 9.17) is 0 Å². The molecule has 2 heterocycles. The first-order valence-electron chi connectivity index (χ1n) is 6.28. The molecule has 0 fully saturated rings. The number of carbonyl (C=O) groups excluding carboxylic acids is 1. The minimum Gasteiger partial charge on any atom is -0.435 e. The molecular formula is C14H10F2N4O2. The fourth-order valence-electron chi connectivity index (χ4n) is 1.88. The monoisotopic (exact) mass is 304 g/mol. The predicted molar refractivity (Wildman–Crippen MR) is 74.0 cm³/mol. The Morgan fingerprint density at radius 1 is 1.27 bits per heavy atom. The number of ether oxygens (including phenoxy) is 1. The molecule has 0 saturated carbocycles. The van der Waals surface area contributed by atoms with Crippen LogP contribution in [0.15, 0.2) is 48.8 Å². The lowest BCUT2D eigenvalue weighted by molar-refractivity contribution is -0.0497. The van der Waals surface area contributed by atoms with Crippen molar-refractivity contribution in [2.75, 3.05) is 5.32 Å². The number of halogens is 2. The summed E-state index contributed by atoms with van der Waals surface area (Å²) in [6.45, 7) is -2.92. The van der Waals surface area contributed by atoms with Gasteiger partial charge in [-0.15, -0.1) is 0 Å². The number of alkyl halides is 2. The smallest absolute Gasteiger partial charge is 0.387 e. The van der Waals surface area contributed by atoms with Crippen LogP contribution in [0.1, 0.15) is 10.5 Å². The third-order valence-corrected chi connectivity index (χ3v) is 2.80. The van der Waals surface area contributed by atoms with Gasteiger partial charge in [-0.1, -0.05) is 6.07 Å². The summed E-state index contributed by atoms with van der Waals surface area (Å²) in [5.41, 5.74) is 1.12. The summed E-state index contributed by atoms with van der Waals surface area (Å²) in [6, 6.07) is 8.92. The Kier molecular flexibility index (Phi) is 3.65. The van der Waals surface area contributed by atoms with Crippen LogP contribution in [0.25, 0.3) is 5.65 Å². The van der Waals surface area contributed by atoms with Gasteiger partial charge in [0.2, 0.25) is 0 Å². The molecule has 0 unspecified atom stereocenters. The van der Waals surface area contributed by atoms with E-state index < -0.39 is 12.5 Å². The van der Waals surface area contributed by atoms with E-state index in [1.165, 1.54) is 28.8 Å². The summed E-state index contributed by atoms with van der Waals surface area (Å²) in [6.07, 6.45) is 3.18. The van der Waals surface area contributed by atoms with Crippen LogP contribution in [0.4, 0.5) is 14.5 Å². The molecule has 6 nitrogen and oxygen atoms in total. The van der Waals surface area contributed by atoms with Gasteiger partial charge in [-0.2, -0.15) is 13.9 Å². The Morgan fingerprint density at radius 3 is 2.95 bits per heavy atom. The van der Waals surface area contributed by atoms with Crippen LogP contribution in [-0.4, -0.2) is 27.1 Å². The van der Waals surface area contributed by atoms with Crippen molar-refractivity contribution in [1.29, 1.82) is 0 Å². The average molecular weight is 304 g/mol. The number of hydrogen-bond donors (Lipinski definition) is 1. The lowest BCUT2D eigenvalue weighted by atomic mass is 10.3. The first-order valence-corrected chi connectivity index (χ1v) is 6.28. The van der Waals surface area contributed by atoms with Crippen LogP contribution in [0, 0.1) is 0 Å². The largest absolute Gasteiger partial charge is 0.435 e. The third kappa shape index (κ3) is 3.00. The van der Waals surface area contributed by atoms with E-state index in [2.05, 4.69) is 20.1 Å². The average Bonchev–Trinajstić information content (AvgIpc) is 2.94. The number of aromatic nitrogens is 3. The Bertz CT molecular complexity index is 819. The molecule has 0 aliphatic heterocycles. The van der Waals surface area contributed by atoms with Crippen molar-refractivity contribution >= 4 is 17.2 Å². The fourth-order valence-corrected chi connectivity index (χ4v) is 1.88. The molecule has 0 spiro atoms. The van der Waals surface area contributed by atoms with Crippen molar-refractivity contribution in [3.05, 3.63) is 54.5 Å². The number of nitrogens with one attached hydrogen (secondary N) is 1. The Morgan fingerprint density at radius 2 is 2.14 bits per heavy atom. The van der Waals surface area contributed by atoms with Crippen LogP contribution in [-0.2, 0) is 0 Å². The molecule has 112 valence electrons. The zero-order valence-corrected chi connectivity index (χ0v) is 11.1. The molecule has 1 amide bonds. The first-order chi connectivity index (χ1) is 10.6. The van der Waals surface area contributed by atoms with Gasteiger partial charge in [-0.25, -0.2) is 9.50 Å². The second-order valence-corrected chi connectivity index (χ2v) is 4.31. The number of anilines is 1. The van der Waals surface area contributed by atoms with Crippen molar-refractivity contribution in [3.8, 4) is 5.75 Å². The number of hydrogen-bond acceptors (Lipinski definition) is 4. The van der Waals surface area contributed by atoms with E-state index in [-0.39, 0.29) is 11.4 Å². The van der Waals surface area contributed by atoms with Gasteiger partial charge in [0.25, 0.3) is 5.91 Å². The Labute approximate surface area is 123 Å². The number of benzene rings is 1. The maximum Gasteiger partial charge on any atom is 0.387 e. The molecule has 3 rings (SSSR count). The van der Waals surface area contributed by atoms with Gasteiger partial charge in [-0.3, -0.25) is 4.79 Å². The molecular weight excluding hydrogens is 294 g/mol. The van der Waals surface area contributed by atoms with Gasteiger partial charge < -0.3 is 10.1 Å². The number of fused-ring (bicyclic) bond motifs is 1. The van der Waals surface area contributed by atoms with E-state index in [9.17, 15) is 13.6 Å². The summed E-state index contributed by atoms with van der Waals surface area (Å²) in [5.74, 6) is -0.504. The third-order valence-electron chi connectivity index (χ3n) is 2.80. The van der Waals surface area contributed by atoms with Gasteiger partial charge in [0.15, 0.2) is 5.65 Å². The van der Waals surface area contributed by atoms with Crippen molar-refractivity contribution in [1.82, 2.24) is 14.6 Å². The van der Waals surface area contributed by atoms with Gasteiger partial charge in [0.05, 0.1) is 0 Å². The van der Waals surface area contributed by atoms with Gasteiger partial charge in [0.1, 0.15) is 11.4 Å². The summed E-state index contributed by atoms with van der Waals surface area (Å²) >= 11 is 0. The lowest BCUT2D eigenvalue weighted by Crippen LogP contribution is -2.15. The summed E-state index contributed by atoms with van der Waals surface area (Å²) in [5, 5.41) is 6.66. The Hall–Kier alpha value is -3.03. The highest BCUT2D eigenvalue weighted by Crippen LogP contribution is 2.19. The summed E-state index contributed by atoms with van der Waals surface area (Å²) < 4.78 is 30.1. The van der Waals surface area contributed by atoms with Crippen molar-refractivity contribution in [2.24, 2.45) is 0 Å². The minimum absolute atomic E-state index is 0.0363. The fraction of sp³-hybridized carbons (Fsp3) is 0.0714. The second kappa shape index (κ2) is 5.76. The molecule has 2 aromatic heterocycles. The molecule has 8 heteroatoms. The van der Waals surface area contributed by atoms with Crippen LogP contribution < -0.4 is 10.1 Å². The van der Waals surface area contributed by atoms with E-state index in [0.29, 0.717) is 11.3 Å². The highest BCUT2D eigenvalue weighted by Gasteiger charge is 2.10. The van der Waals surface area contributed by atoms with Crippen LogP contribution in [0.5, 0.6) is 5.75 Å². The van der Waals surface area contributed by atoms with Crippen molar-refractivity contribution < 1.29 is 18.3 Å². The highest BCUT2D eigenvalue weighted by atomic mass is 19.3. The number of amides is 1. The molecule has 0 radical (unpaired) electrons. The molecule has 1 N–H and O–H groups in total. The quantitative estimate of drug-likeness (QED) is 0.804. The molecule has 22 heavy (non-hydrogen) atoms. The molecule has 0 saturated heterocycles. The zero-order chi connectivity index (χ0) is 15.5. The summed E-state index contributed by atoms with van der Waals surface area (Å²) in [4.78, 5) is 16.1. The van der Waals surface area contributed by atoms with Gasteiger partial charge in [0, 0.05) is 24.1 Å². The molecule has 1 aromatic carbocycles. The van der Waals surface area contributed by atoms with E-state index in [1.54, 1.807) is 24.5 Å². The second-order valence-electron chi connectivity index (χ2n) is 4.31. The van der Waals surface area contributed by atoms with Crippen LogP contribution in [0.3, 0.4) is 0 Å². The Balaban J connectivity index is 1.78. The van der Waals surface area contributed by atoms with E-state index >= 15 is 0 Å². The predicted octanol–water partition coefficient (Wildman–Crippen LogP) is 2.58. The maximum atomic E-state index is 12.2. The summed E-state index contributed by atoms with van der Waals surface area (Å²) in [7, 11) is 0. The highest BCUT2D eigenvalue weighted by molar-refractivity contribution is 6.02. The first kappa shape index (κ1) is 13.9. The van der Waals surface area contributed by atoms with Crippen molar-refractivity contribution in [3.63, 3.8) is 0 Å². The van der Waals surface area contributed by atoms with Gasteiger partial charge >= 0.3 is 6.61 Å². The van der Waals surface area contributed by atoms with Crippen molar-refractivity contribution in [2.45, 2.75) is 6.61 Å². The number of rotatable bonds is 4. The normalized spacial score (nSPS) is 10.9. The maximum absolute atomic E-state index is 12.2. The minimum atomic E-state index is -2.92. The molecule has 0 aliphatic rings. The van der Waals surface area contributed by atoms with Gasteiger partial charge in [-0.05, 0) is 24.3 Å². The lowest BCUT2D eigenvalue weighted by Gasteiger charge is -2.08. The topological polar surface area (TPSA) is 68.5 Å². The standard InChI is InChI=1S/C14H10F2N4O2/c15-14(16)22-10-3-1-2-9(8-10)18-13(21)11-4-5-12-17-6-7-20(12)19-11/h1-8,14H,(H,18,21). The van der Waals surface area contributed by atoms with E-state index in [0.717, 1.165) is 0 Å². The van der Waals surface area contributed by atoms with E-state index in [1.807, 2.05) is 0 Å². The molecule has 0 bridgehead atoms. The molecule has 0 atom stereocenters. The SMILES string of the molecule is O=C(Nc1cccc(OC(F)F)c1)c1ccc2nccn2n1. The zero-order valence-electron chi connectivity index (χ0n) is 11.1. The van der Waals surface area contributed by atoms with Crippen LogP contribution in [0.2, 0.25) is 0 Å². The number of nitrogens with zero attached hydrogens (tertiary/aromatic N) is 3. The van der Waals surface area contributed by atoms with Crippen LogP contribution >= 0.6 is 0 Å². The molecule has 0 aliphatic carbocycles. The molecule has 3 aromatic rings. The number of carbonyl (C=O) groups is 1.